The fourth-order valence-corrected chi connectivity index (χ4v) is 2.61. The molecule has 2 N–H and O–H groups in total. The van der Waals surface area contributed by atoms with E-state index < -0.39 is 0 Å². The van der Waals surface area contributed by atoms with E-state index in [0.717, 1.165) is 12.8 Å². The molecule has 1 atom stereocenters. The molecule has 0 spiro atoms. The maximum absolute atomic E-state index is 11.6. The minimum atomic E-state index is -0.0387. The van der Waals surface area contributed by atoms with Crippen LogP contribution < -0.4 is 10.6 Å². The van der Waals surface area contributed by atoms with E-state index in [-0.39, 0.29) is 12.1 Å². The molecule has 0 aliphatic heterocycles. The normalized spacial score (nSPS) is 17.6. The van der Waals surface area contributed by atoms with Crippen LogP contribution in [0.2, 0.25) is 0 Å². The van der Waals surface area contributed by atoms with Crippen molar-refractivity contribution in [1.82, 2.24) is 10.6 Å². The maximum Gasteiger partial charge on any atom is 0.315 e. The van der Waals surface area contributed by atoms with Crippen molar-refractivity contribution in [2.75, 3.05) is 0 Å². The summed E-state index contributed by atoms with van der Waals surface area (Å²) in [5, 5.41) is 5.95. The standard InChI is InChI=1S/C12H18N2OS/c1-8-6-7-11(16-8)9(2)13-12(15)14-10-4-3-5-10/h6-7,9-10H,3-5H2,1-2H3,(H2,13,14,15). The van der Waals surface area contributed by atoms with Crippen LogP contribution in [-0.2, 0) is 0 Å². The van der Waals surface area contributed by atoms with E-state index in [1.165, 1.54) is 16.2 Å². The summed E-state index contributed by atoms with van der Waals surface area (Å²) in [6, 6.07) is 4.62. The summed E-state index contributed by atoms with van der Waals surface area (Å²) >= 11 is 1.73. The Morgan fingerprint density at radius 2 is 2.25 bits per heavy atom. The van der Waals surface area contributed by atoms with Crippen LogP contribution in [0.15, 0.2) is 12.1 Å². The van der Waals surface area contributed by atoms with Crippen LogP contribution in [0, 0.1) is 6.92 Å². The van der Waals surface area contributed by atoms with Crippen LogP contribution in [0.3, 0.4) is 0 Å². The van der Waals surface area contributed by atoms with Crippen molar-refractivity contribution < 1.29 is 4.79 Å². The molecule has 2 rings (SSSR count). The predicted molar refractivity (Wildman–Crippen MR) is 66.8 cm³/mol. The fraction of sp³-hybridized carbons (Fsp3) is 0.583. The van der Waals surface area contributed by atoms with Crippen molar-refractivity contribution >= 4 is 17.4 Å². The van der Waals surface area contributed by atoms with Gasteiger partial charge in [0.05, 0.1) is 6.04 Å². The molecule has 4 heteroatoms. The van der Waals surface area contributed by atoms with Crippen molar-refractivity contribution in [3.63, 3.8) is 0 Å². The maximum atomic E-state index is 11.6. The lowest BCUT2D eigenvalue weighted by molar-refractivity contribution is 0.225. The zero-order valence-corrected chi connectivity index (χ0v) is 10.6. The molecule has 1 saturated carbocycles. The Bertz CT molecular complexity index is 371. The third-order valence-electron chi connectivity index (χ3n) is 2.98. The molecule has 1 aliphatic carbocycles. The van der Waals surface area contributed by atoms with Gasteiger partial charge in [0.25, 0.3) is 0 Å². The van der Waals surface area contributed by atoms with Crippen molar-refractivity contribution in [1.29, 1.82) is 0 Å². The van der Waals surface area contributed by atoms with Crippen LogP contribution >= 0.6 is 11.3 Å². The van der Waals surface area contributed by atoms with E-state index in [4.69, 9.17) is 0 Å². The third kappa shape index (κ3) is 2.76. The molecule has 0 aromatic carbocycles. The molecule has 3 nitrogen and oxygen atoms in total. The Labute approximate surface area is 100 Å². The van der Waals surface area contributed by atoms with Gasteiger partial charge in [-0.25, -0.2) is 4.79 Å². The summed E-state index contributed by atoms with van der Waals surface area (Å²) in [7, 11) is 0. The van der Waals surface area contributed by atoms with E-state index in [1.54, 1.807) is 11.3 Å². The smallest absolute Gasteiger partial charge is 0.315 e. The number of nitrogens with one attached hydrogen (secondary N) is 2. The van der Waals surface area contributed by atoms with E-state index in [9.17, 15) is 4.79 Å². The Kier molecular flexibility index (Phi) is 3.49. The quantitative estimate of drug-likeness (QED) is 0.835. The highest BCUT2D eigenvalue weighted by molar-refractivity contribution is 7.12. The average Bonchev–Trinajstić information content (AvgIpc) is 2.58. The van der Waals surface area contributed by atoms with Gasteiger partial charge in [-0.2, -0.15) is 0 Å². The van der Waals surface area contributed by atoms with Gasteiger partial charge >= 0.3 is 6.03 Å². The lowest BCUT2D eigenvalue weighted by Gasteiger charge is -2.27. The molecule has 2 amide bonds. The van der Waals surface area contributed by atoms with Gasteiger partial charge in [0, 0.05) is 15.8 Å². The predicted octanol–water partition coefficient (Wildman–Crippen LogP) is 2.97. The monoisotopic (exact) mass is 238 g/mol. The summed E-state index contributed by atoms with van der Waals surface area (Å²) in [4.78, 5) is 14.1. The zero-order chi connectivity index (χ0) is 11.5. The highest BCUT2D eigenvalue weighted by Gasteiger charge is 2.20. The Morgan fingerprint density at radius 3 is 2.75 bits per heavy atom. The summed E-state index contributed by atoms with van der Waals surface area (Å²) in [5.74, 6) is 0. The van der Waals surface area contributed by atoms with Gasteiger partial charge in [-0.05, 0) is 45.2 Å². The molecule has 0 radical (unpaired) electrons. The highest BCUT2D eigenvalue weighted by atomic mass is 32.1. The highest BCUT2D eigenvalue weighted by Crippen LogP contribution is 2.22. The number of aryl methyl sites for hydroxylation is 1. The molecule has 1 aliphatic rings. The van der Waals surface area contributed by atoms with Gasteiger partial charge in [0.2, 0.25) is 0 Å². The minimum Gasteiger partial charge on any atom is -0.335 e. The Morgan fingerprint density at radius 1 is 1.50 bits per heavy atom. The number of carbonyl (C=O) groups is 1. The summed E-state index contributed by atoms with van der Waals surface area (Å²) in [6.07, 6.45) is 3.49. The Hall–Kier alpha value is -1.03. The molecular formula is C12H18N2OS. The van der Waals surface area contributed by atoms with Crippen molar-refractivity contribution in [2.24, 2.45) is 0 Å². The van der Waals surface area contributed by atoms with Gasteiger partial charge < -0.3 is 10.6 Å². The largest absolute Gasteiger partial charge is 0.335 e. The number of hydrogen-bond donors (Lipinski definition) is 2. The lowest BCUT2D eigenvalue weighted by Crippen LogP contribution is -2.45. The van der Waals surface area contributed by atoms with E-state index >= 15 is 0 Å². The molecular weight excluding hydrogens is 220 g/mol. The van der Waals surface area contributed by atoms with Gasteiger partial charge in [-0.15, -0.1) is 11.3 Å². The molecule has 1 fully saturated rings. The zero-order valence-electron chi connectivity index (χ0n) is 9.75. The summed E-state index contributed by atoms with van der Waals surface area (Å²) in [5.41, 5.74) is 0. The average molecular weight is 238 g/mol. The van der Waals surface area contributed by atoms with Gasteiger partial charge in [0.1, 0.15) is 0 Å². The number of thiophene rings is 1. The molecule has 1 aromatic heterocycles. The SMILES string of the molecule is Cc1ccc(C(C)NC(=O)NC2CCC2)s1. The number of rotatable bonds is 3. The number of hydrogen-bond acceptors (Lipinski definition) is 2. The Balaban J connectivity index is 1.81. The van der Waals surface area contributed by atoms with Gasteiger partial charge in [0.15, 0.2) is 0 Å². The first-order chi connectivity index (χ1) is 7.65. The van der Waals surface area contributed by atoms with Crippen LogP contribution in [0.25, 0.3) is 0 Å². The first-order valence-electron chi connectivity index (χ1n) is 5.78. The van der Waals surface area contributed by atoms with Gasteiger partial charge in [-0.1, -0.05) is 0 Å². The molecule has 1 unspecified atom stereocenters. The lowest BCUT2D eigenvalue weighted by atomic mass is 9.93. The second-order valence-electron chi connectivity index (χ2n) is 4.42. The van der Waals surface area contributed by atoms with E-state index in [0.29, 0.717) is 6.04 Å². The summed E-state index contributed by atoms with van der Waals surface area (Å²) in [6.45, 7) is 4.10. The number of amides is 2. The molecule has 0 bridgehead atoms. The second kappa shape index (κ2) is 4.87. The van der Waals surface area contributed by atoms with E-state index in [2.05, 4.69) is 29.7 Å². The second-order valence-corrected chi connectivity index (χ2v) is 5.74. The van der Waals surface area contributed by atoms with E-state index in [1.807, 2.05) is 6.92 Å². The summed E-state index contributed by atoms with van der Waals surface area (Å²) < 4.78 is 0. The fourth-order valence-electron chi connectivity index (χ4n) is 1.73. The molecule has 88 valence electrons. The third-order valence-corrected chi connectivity index (χ3v) is 4.16. The molecule has 1 aromatic rings. The van der Waals surface area contributed by atoms with Crippen LogP contribution in [0.5, 0.6) is 0 Å². The molecule has 0 saturated heterocycles. The van der Waals surface area contributed by atoms with Crippen LogP contribution in [-0.4, -0.2) is 12.1 Å². The number of urea groups is 1. The molecule has 1 heterocycles. The van der Waals surface area contributed by atoms with Crippen LogP contribution in [0.1, 0.15) is 42.0 Å². The van der Waals surface area contributed by atoms with Crippen molar-refractivity contribution in [2.45, 2.75) is 45.2 Å². The van der Waals surface area contributed by atoms with Crippen molar-refractivity contribution in [3.05, 3.63) is 21.9 Å². The van der Waals surface area contributed by atoms with Crippen LogP contribution in [0.4, 0.5) is 4.79 Å². The van der Waals surface area contributed by atoms with Gasteiger partial charge in [-0.3, -0.25) is 0 Å². The molecule has 16 heavy (non-hydrogen) atoms. The first kappa shape index (κ1) is 11.5. The van der Waals surface area contributed by atoms with Crippen molar-refractivity contribution in [3.8, 4) is 0 Å². The minimum absolute atomic E-state index is 0.0387. The topological polar surface area (TPSA) is 41.1 Å². The number of carbonyl (C=O) groups excluding carboxylic acids is 1. The first-order valence-corrected chi connectivity index (χ1v) is 6.60.